The topological polar surface area (TPSA) is 97.3 Å². The van der Waals surface area contributed by atoms with Crippen molar-refractivity contribution in [2.24, 2.45) is 0 Å². The van der Waals surface area contributed by atoms with Crippen LogP contribution in [0.15, 0.2) is 66.7 Å². The van der Waals surface area contributed by atoms with Gasteiger partial charge in [0.15, 0.2) is 0 Å². The molecule has 0 spiro atoms. The van der Waals surface area contributed by atoms with E-state index in [0.29, 0.717) is 12.2 Å². The fourth-order valence-electron chi connectivity index (χ4n) is 3.84. The molecular weight excluding hydrogens is 448 g/mol. The normalized spacial score (nSPS) is 19.5. The lowest BCUT2D eigenvalue weighted by Gasteiger charge is -2.40. The fraction of sp³-hybridized carbons (Fsp3) is 0.407. The van der Waals surface area contributed by atoms with Crippen LogP contribution in [0.5, 0.6) is 5.75 Å². The predicted molar refractivity (Wildman–Crippen MR) is 132 cm³/mol. The molecule has 8 heteroatoms. The van der Waals surface area contributed by atoms with Gasteiger partial charge in [-0.05, 0) is 50.5 Å². The summed E-state index contributed by atoms with van der Waals surface area (Å²) >= 11 is 0. The summed E-state index contributed by atoms with van der Waals surface area (Å²) in [5.74, 6) is 0.701. The highest BCUT2D eigenvalue weighted by molar-refractivity contribution is 5.70. The molecule has 0 heterocycles. The van der Waals surface area contributed by atoms with E-state index in [1.165, 1.54) is 0 Å². The first-order valence-electron chi connectivity index (χ1n) is 11.6. The van der Waals surface area contributed by atoms with E-state index in [1.807, 2.05) is 54.6 Å². The highest BCUT2D eigenvalue weighted by Gasteiger charge is 2.38. The Kier molecular flexibility index (Phi) is 8.76. The molecule has 1 aliphatic rings. The number of aliphatic hydroxyl groups is 1. The van der Waals surface area contributed by atoms with E-state index in [2.05, 4.69) is 5.32 Å². The number of benzene rings is 2. The summed E-state index contributed by atoms with van der Waals surface area (Å²) in [5.41, 5.74) is 1.01. The number of methoxy groups -OCH3 is 1. The van der Waals surface area contributed by atoms with Crippen LogP contribution >= 0.6 is 0 Å². The summed E-state index contributed by atoms with van der Waals surface area (Å²) in [7, 11) is 1.59. The molecule has 2 aromatic rings. The van der Waals surface area contributed by atoms with Crippen molar-refractivity contribution >= 4 is 12.2 Å². The summed E-state index contributed by atoms with van der Waals surface area (Å²) in [5, 5.41) is 13.5. The fourth-order valence-corrected chi connectivity index (χ4v) is 3.84. The van der Waals surface area contributed by atoms with Crippen LogP contribution in [0.4, 0.5) is 9.59 Å². The van der Waals surface area contributed by atoms with Gasteiger partial charge in [-0.25, -0.2) is 9.59 Å². The number of amides is 2. The molecular formula is C27H34N2O6. The molecule has 3 rings (SSSR count). The van der Waals surface area contributed by atoms with Crippen molar-refractivity contribution in [3.05, 3.63) is 77.9 Å². The second-order valence-corrected chi connectivity index (χ2v) is 9.41. The van der Waals surface area contributed by atoms with Gasteiger partial charge in [0.25, 0.3) is 0 Å². The zero-order valence-corrected chi connectivity index (χ0v) is 20.6. The van der Waals surface area contributed by atoms with E-state index in [9.17, 15) is 14.7 Å². The van der Waals surface area contributed by atoms with Gasteiger partial charge in [0.1, 0.15) is 18.0 Å². The minimum absolute atomic E-state index is 0.105. The third kappa shape index (κ3) is 7.75. The molecule has 0 unspecified atom stereocenters. The first-order chi connectivity index (χ1) is 16.7. The molecule has 188 valence electrons. The van der Waals surface area contributed by atoms with Gasteiger partial charge in [-0.15, -0.1) is 0 Å². The SMILES string of the molecule is COc1ccc(CN(C(=O)OCc2ccccc2)[C@H]2CC=C[C@@H](O)[C@@H]2NC(=O)OC(C)(C)C)cc1. The second kappa shape index (κ2) is 11.8. The molecule has 2 amide bonds. The minimum atomic E-state index is -0.999. The standard InChI is InChI=1S/C27H34N2O6/c1-27(2,3)35-25(31)28-24-22(11-8-12-23(24)30)29(17-19-13-15-21(33-4)16-14-19)26(32)34-18-20-9-6-5-7-10-20/h5-10,12-16,22-24,30H,11,17-18H2,1-4H3,(H,28,31)/t22-,23+,24+/m0/s1. The smallest absolute Gasteiger partial charge is 0.410 e. The monoisotopic (exact) mass is 482 g/mol. The summed E-state index contributed by atoms with van der Waals surface area (Å²) in [4.78, 5) is 27.4. The number of carbonyl (C=O) groups is 2. The molecule has 0 fully saturated rings. The number of nitrogens with zero attached hydrogens (tertiary/aromatic N) is 1. The first-order valence-corrected chi connectivity index (χ1v) is 11.6. The van der Waals surface area contributed by atoms with Crippen molar-refractivity contribution in [3.63, 3.8) is 0 Å². The van der Waals surface area contributed by atoms with Gasteiger partial charge in [0.05, 0.1) is 25.3 Å². The molecule has 8 nitrogen and oxygen atoms in total. The van der Waals surface area contributed by atoms with Gasteiger partial charge in [-0.1, -0.05) is 54.6 Å². The van der Waals surface area contributed by atoms with Crippen molar-refractivity contribution in [2.75, 3.05) is 7.11 Å². The van der Waals surface area contributed by atoms with Crippen LogP contribution in [0.1, 0.15) is 38.3 Å². The maximum atomic E-state index is 13.3. The van der Waals surface area contributed by atoms with Gasteiger partial charge in [0, 0.05) is 6.54 Å². The molecule has 3 atom stereocenters. The highest BCUT2D eigenvalue weighted by atomic mass is 16.6. The lowest BCUT2D eigenvalue weighted by molar-refractivity contribution is 0.0253. The number of hydrogen-bond donors (Lipinski definition) is 2. The Labute approximate surface area is 206 Å². The van der Waals surface area contributed by atoms with E-state index in [-0.39, 0.29) is 13.2 Å². The number of nitrogens with one attached hydrogen (secondary N) is 1. The number of hydrogen-bond acceptors (Lipinski definition) is 6. The third-order valence-corrected chi connectivity index (χ3v) is 5.53. The molecule has 2 aromatic carbocycles. The molecule has 0 aromatic heterocycles. The van der Waals surface area contributed by atoms with Gasteiger partial charge in [-0.2, -0.15) is 0 Å². The number of carbonyl (C=O) groups excluding carboxylic acids is 2. The molecule has 0 bridgehead atoms. The quantitative estimate of drug-likeness (QED) is 0.567. The molecule has 0 saturated heterocycles. The molecule has 0 aliphatic heterocycles. The first kappa shape index (κ1) is 26.1. The van der Waals surface area contributed by atoms with Crippen molar-refractivity contribution in [1.82, 2.24) is 10.2 Å². The van der Waals surface area contributed by atoms with Crippen LogP contribution in [0.3, 0.4) is 0 Å². The van der Waals surface area contributed by atoms with Gasteiger partial charge >= 0.3 is 12.2 Å². The van der Waals surface area contributed by atoms with Crippen LogP contribution in [0, 0.1) is 0 Å². The van der Waals surface area contributed by atoms with Crippen LogP contribution < -0.4 is 10.1 Å². The van der Waals surface area contributed by atoms with Crippen molar-refractivity contribution in [3.8, 4) is 5.75 Å². The Morgan fingerprint density at radius 3 is 2.37 bits per heavy atom. The molecule has 1 aliphatic carbocycles. The zero-order valence-electron chi connectivity index (χ0n) is 20.6. The van der Waals surface area contributed by atoms with Crippen LogP contribution in [-0.4, -0.2) is 53.1 Å². The Hall–Kier alpha value is -3.52. The zero-order chi connectivity index (χ0) is 25.4. The molecule has 0 radical (unpaired) electrons. The lowest BCUT2D eigenvalue weighted by atomic mass is 9.92. The van der Waals surface area contributed by atoms with Gasteiger partial charge in [-0.3, -0.25) is 4.90 Å². The summed E-state index contributed by atoms with van der Waals surface area (Å²) in [6.07, 6.45) is 1.63. The van der Waals surface area contributed by atoms with Crippen molar-refractivity contribution < 1.29 is 28.9 Å². The Balaban J connectivity index is 1.84. The van der Waals surface area contributed by atoms with E-state index >= 15 is 0 Å². The van der Waals surface area contributed by atoms with Gasteiger partial charge < -0.3 is 24.6 Å². The van der Waals surface area contributed by atoms with Crippen molar-refractivity contribution in [1.29, 1.82) is 0 Å². The number of alkyl carbamates (subject to hydrolysis) is 1. The summed E-state index contributed by atoms with van der Waals surface area (Å²) in [6.45, 7) is 5.61. The molecule has 35 heavy (non-hydrogen) atoms. The Morgan fingerprint density at radius 1 is 1.06 bits per heavy atom. The van der Waals surface area contributed by atoms with E-state index in [1.54, 1.807) is 44.9 Å². The maximum Gasteiger partial charge on any atom is 0.410 e. The number of rotatable bonds is 7. The lowest BCUT2D eigenvalue weighted by Crippen LogP contribution is -2.59. The second-order valence-electron chi connectivity index (χ2n) is 9.41. The largest absolute Gasteiger partial charge is 0.497 e. The van der Waals surface area contributed by atoms with Crippen LogP contribution in [0.2, 0.25) is 0 Å². The third-order valence-electron chi connectivity index (χ3n) is 5.53. The van der Waals surface area contributed by atoms with Crippen molar-refractivity contribution in [2.45, 2.75) is 64.1 Å². The Bertz CT molecular complexity index is 1000. The number of ether oxygens (including phenoxy) is 3. The predicted octanol–water partition coefficient (Wildman–Crippen LogP) is 4.42. The summed E-state index contributed by atoms with van der Waals surface area (Å²) < 4.78 is 16.3. The molecule has 0 saturated carbocycles. The summed E-state index contributed by atoms with van der Waals surface area (Å²) in [6, 6.07) is 15.4. The maximum absolute atomic E-state index is 13.3. The average molecular weight is 483 g/mol. The molecule has 2 N–H and O–H groups in total. The van der Waals surface area contributed by atoms with E-state index in [4.69, 9.17) is 14.2 Å². The van der Waals surface area contributed by atoms with Crippen LogP contribution in [0.25, 0.3) is 0 Å². The van der Waals surface area contributed by atoms with E-state index in [0.717, 1.165) is 11.1 Å². The Morgan fingerprint density at radius 2 is 1.74 bits per heavy atom. The van der Waals surface area contributed by atoms with Crippen LogP contribution in [-0.2, 0) is 22.6 Å². The highest BCUT2D eigenvalue weighted by Crippen LogP contribution is 2.24. The van der Waals surface area contributed by atoms with E-state index < -0.39 is 36.0 Å². The average Bonchev–Trinajstić information content (AvgIpc) is 2.82. The minimum Gasteiger partial charge on any atom is -0.497 e. The van der Waals surface area contributed by atoms with Gasteiger partial charge in [0.2, 0.25) is 0 Å². The number of aliphatic hydroxyl groups excluding tert-OH is 1.